The summed E-state index contributed by atoms with van der Waals surface area (Å²) in [5.74, 6) is -1.27. The van der Waals surface area contributed by atoms with Crippen molar-refractivity contribution in [2.75, 3.05) is 7.11 Å². The summed E-state index contributed by atoms with van der Waals surface area (Å²) in [6.45, 7) is 1.96. The van der Waals surface area contributed by atoms with Gasteiger partial charge in [0, 0.05) is 6.20 Å². The first-order valence-electron chi connectivity index (χ1n) is 6.73. The smallest absolute Gasteiger partial charge is 0.335 e. The van der Waals surface area contributed by atoms with Gasteiger partial charge in [0.05, 0.1) is 24.3 Å². The summed E-state index contributed by atoms with van der Waals surface area (Å²) in [6.07, 6.45) is 6.13. The van der Waals surface area contributed by atoms with Crippen LogP contribution < -0.4 is 5.73 Å². The molecule has 2 rings (SSSR count). The summed E-state index contributed by atoms with van der Waals surface area (Å²) in [4.78, 5) is 32.7. The highest BCUT2D eigenvalue weighted by Crippen LogP contribution is 2.20. The van der Waals surface area contributed by atoms with Crippen molar-refractivity contribution in [3.05, 3.63) is 24.8 Å². The number of methoxy groups -OCH3 is 1. The molecule has 0 aliphatic carbocycles. The SMILES string of the molecule is CCCCC(N)(C(=O)OC)C(=O)n1ccc2ncncc21. The van der Waals surface area contributed by atoms with Gasteiger partial charge in [-0.25, -0.2) is 14.8 Å². The molecule has 0 bridgehead atoms. The number of esters is 1. The zero-order chi connectivity index (χ0) is 15.5. The van der Waals surface area contributed by atoms with Crippen LogP contribution in [0, 0.1) is 0 Å². The normalized spacial score (nSPS) is 13.9. The fourth-order valence-electron chi connectivity index (χ4n) is 2.20. The Balaban J connectivity index is 2.45. The lowest BCUT2D eigenvalue weighted by atomic mass is 9.92. The first-order valence-corrected chi connectivity index (χ1v) is 6.73. The Morgan fingerprint density at radius 3 is 2.90 bits per heavy atom. The lowest BCUT2D eigenvalue weighted by molar-refractivity contribution is -0.145. The van der Waals surface area contributed by atoms with Crippen LogP contribution in [0.25, 0.3) is 11.0 Å². The molecule has 0 amide bonds. The quantitative estimate of drug-likeness (QED) is 0.654. The molecule has 112 valence electrons. The van der Waals surface area contributed by atoms with Crippen LogP contribution in [0.15, 0.2) is 24.8 Å². The second kappa shape index (κ2) is 6.01. The van der Waals surface area contributed by atoms with E-state index >= 15 is 0 Å². The van der Waals surface area contributed by atoms with E-state index in [9.17, 15) is 9.59 Å². The molecule has 2 N–H and O–H groups in total. The molecule has 21 heavy (non-hydrogen) atoms. The number of rotatable bonds is 5. The zero-order valence-corrected chi connectivity index (χ0v) is 12.1. The van der Waals surface area contributed by atoms with E-state index in [1.54, 1.807) is 6.07 Å². The third-order valence-corrected chi connectivity index (χ3v) is 3.44. The van der Waals surface area contributed by atoms with Crippen molar-refractivity contribution in [3.8, 4) is 0 Å². The van der Waals surface area contributed by atoms with Gasteiger partial charge in [-0.1, -0.05) is 19.8 Å². The van der Waals surface area contributed by atoms with Crippen molar-refractivity contribution in [1.29, 1.82) is 0 Å². The number of nitrogens with zero attached hydrogens (tertiary/aromatic N) is 3. The first-order chi connectivity index (χ1) is 10.0. The van der Waals surface area contributed by atoms with Crippen molar-refractivity contribution >= 4 is 22.9 Å². The predicted molar refractivity (Wildman–Crippen MR) is 76.6 cm³/mol. The lowest BCUT2D eigenvalue weighted by Gasteiger charge is -2.25. The minimum Gasteiger partial charge on any atom is -0.467 e. The van der Waals surface area contributed by atoms with Crippen LogP contribution in [-0.2, 0) is 9.53 Å². The second-order valence-electron chi connectivity index (χ2n) is 4.85. The van der Waals surface area contributed by atoms with Gasteiger partial charge in [-0.15, -0.1) is 0 Å². The number of unbranched alkanes of at least 4 members (excludes halogenated alkanes) is 1. The molecule has 1 atom stereocenters. The molecular weight excluding hydrogens is 272 g/mol. The van der Waals surface area contributed by atoms with Crippen molar-refractivity contribution in [2.24, 2.45) is 5.73 Å². The molecule has 2 aromatic rings. The molecule has 0 aliphatic rings. The summed E-state index contributed by atoms with van der Waals surface area (Å²) < 4.78 is 6.02. The highest BCUT2D eigenvalue weighted by Gasteiger charge is 2.43. The fourth-order valence-corrected chi connectivity index (χ4v) is 2.20. The minimum absolute atomic E-state index is 0.225. The van der Waals surface area contributed by atoms with Crippen molar-refractivity contribution in [1.82, 2.24) is 14.5 Å². The average molecular weight is 290 g/mol. The summed E-state index contributed by atoms with van der Waals surface area (Å²) >= 11 is 0. The number of hydrogen-bond acceptors (Lipinski definition) is 6. The second-order valence-corrected chi connectivity index (χ2v) is 4.85. The van der Waals surface area contributed by atoms with Gasteiger partial charge in [-0.3, -0.25) is 9.36 Å². The largest absolute Gasteiger partial charge is 0.467 e. The molecular formula is C14H18N4O3. The highest BCUT2D eigenvalue weighted by molar-refractivity contribution is 6.10. The number of hydrogen-bond donors (Lipinski definition) is 1. The molecule has 0 fully saturated rings. The van der Waals surface area contributed by atoms with Crippen molar-refractivity contribution in [2.45, 2.75) is 31.7 Å². The van der Waals surface area contributed by atoms with Crippen LogP contribution in [-0.4, -0.2) is 39.1 Å². The van der Waals surface area contributed by atoms with Gasteiger partial charge in [0.25, 0.3) is 5.91 Å². The van der Waals surface area contributed by atoms with Gasteiger partial charge < -0.3 is 10.5 Å². The third kappa shape index (κ3) is 2.64. The Labute approximate surface area is 122 Å². The van der Waals surface area contributed by atoms with Gasteiger partial charge >= 0.3 is 5.97 Å². The minimum atomic E-state index is -1.70. The number of carbonyl (C=O) groups is 2. The monoisotopic (exact) mass is 290 g/mol. The van der Waals surface area contributed by atoms with Crippen LogP contribution in [0.1, 0.15) is 31.0 Å². The summed E-state index contributed by atoms with van der Waals surface area (Å²) in [6, 6.07) is 1.67. The topological polar surface area (TPSA) is 100 Å². The third-order valence-electron chi connectivity index (χ3n) is 3.44. The number of fused-ring (bicyclic) bond motifs is 1. The van der Waals surface area contributed by atoms with E-state index in [1.165, 1.54) is 30.4 Å². The van der Waals surface area contributed by atoms with Gasteiger partial charge in [-0.05, 0) is 12.5 Å². The van der Waals surface area contributed by atoms with E-state index in [1.807, 2.05) is 6.92 Å². The molecule has 0 radical (unpaired) electrons. The number of nitrogens with two attached hydrogens (primary N) is 1. The number of aromatic nitrogens is 3. The molecule has 2 heterocycles. The Morgan fingerprint density at radius 1 is 1.48 bits per heavy atom. The highest BCUT2D eigenvalue weighted by atomic mass is 16.5. The van der Waals surface area contributed by atoms with E-state index in [0.717, 1.165) is 6.42 Å². The molecule has 0 saturated heterocycles. The first kappa shape index (κ1) is 15.1. The van der Waals surface area contributed by atoms with E-state index in [2.05, 4.69) is 9.97 Å². The molecule has 0 saturated carbocycles. The fraction of sp³-hybridized carbons (Fsp3) is 0.429. The Bertz CT molecular complexity index is 667. The zero-order valence-electron chi connectivity index (χ0n) is 12.1. The Hall–Kier alpha value is -2.28. The molecule has 0 spiro atoms. The van der Waals surface area contributed by atoms with E-state index in [0.29, 0.717) is 17.5 Å². The van der Waals surface area contributed by atoms with Crippen LogP contribution in [0.4, 0.5) is 0 Å². The van der Waals surface area contributed by atoms with Crippen LogP contribution in [0.2, 0.25) is 0 Å². The number of ether oxygens (including phenoxy) is 1. The Kier molecular flexibility index (Phi) is 4.32. The van der Waals surface area contributed by atoms with Gasteiger partial charge in [0.2, 0.25) is 0 Å². The maximum absolute atomic E-state index is 12.7. The van der Waals surface area contributed by atoms with Crippen LogP contribution in [0.5, 0.6) is 0 Å². The van der Waals surface area contributed by atoms with E-state index in [4.69, 9.17) is 10.5 Å². The standard InChI is InChI=1S/C14H18N4O3/c1-3-4-6-14(15,13(20)21-2)12(19)18-7-5-10-11(18)8-16-9-17-10/h5,7-9H,3-4,6,15H2,1-2H3. The van der Waals surface area contributed by atoms with Gasteiger partial charge in [0.15, 0.2) is 5.54 Å². The molecule has 7 nitrogen and oxygen atoms in total. The predicted octanol–water partition coefficient (Wildman–Crippen LogP) is 1.13. The summed E-state index contributed by atoms with van der Waals surface area (Å²) in [5.41, 5.74) is 5.50. The van der Waals surface area contributed by atoms with E-state index < -0.39 is 17.4 Å². The number of carbonyl (C=O) groups excluding carboxylic acids is 2. The molecule has 7 heteroatoms. The average Bonchev–Trinajstić information content (AvgIpc) is 2.94. The maximum Gasteiger partial charge on any atom is 0.335 e. The van der Waals surface area contributed by atoms with Crippen LogP contribution >= 0.6 is 0 Å². The molecule has 2 aromatic heterocycles. The van der Waals surface area contributed by atoms with Gasteiger partial charge in [0.1, 0.15) is 6.33 Å². The lowest BCUT2D eigenvalue weighted by Crippen LogP contribution is -2.57. The van der Waals surface area contributed by atoms with Gasteiger partial charge in [-0.2, -0.15) is 0 Å². The summed E-state index contributed by atoms with van der Waals surface area (Å²) in [5, 5.41) is 0. The molecule has 1 unspecified atom stereocenters. The maximum atomic E-state index is 12.7. The van der Waals surface area contributed by atoms with Crippen LogP contribution in [0.3, 0.4) is 0 Å². The summed E-state index contributed by atoms with van der Waals surface area (Å²) in [7, 11) is 1.22. The van der Waals surface area contributed by atoms with Crippen molar-refractivity contribution in [3.63, 3.8) is 0 Å². The van der Waals surface area contributed by atoms with E-state index in [-0.39, 0.29) is 6.42 Å². The molecule has 0 aromatic carbocycles. The van der Waals surface area contributed by atoms with Crippen molar-refractivity contribution < 1.29 is 14.3 Å². The molecule has 0 aliphatic heterocycles. The Morgan fingerprint density at radius 2 is 2.24 bits per heavy atom.